The SMILES string of the molecule is CCCOc1ccc(/C=N/NC(=O)COc2ccc(C)cc2C)cc1. The Kier molecular flexibility index (Phi) is 7.01. The molecule has 1 amide bonds. The molecule has 2 aromatic rings. The van der Waals surface area contributed by atoms with Gasteiger partial charge in [-0.05, 0) is 61.7 Å². The van der Waals surface area contributed by atoms with E-state index in [0.717, 1.165) is 28.9 Å². The minimum absolute atomic E-state index is 0.0783. The second-order valence-electron chi connectivity index (χ2n) is 5.77. The maximum atomic E-state index is 11.8. The molecule has 0 fully saturated rings. The van der Waals surface area contributed by atoms with Crippen molar-refractivity contribution < 1.29 is 14.3 Å². The number of carbonyl (C=O) groups excluding carboxylic acids is 1. The van der Waals surface area contributed by atoms with E-state index in [2.05, 4.69) is 17.5 Å². The number of benzene rings is 2. The Morgan fingerprint density at radius 1 is 1.12 bits per heavy atom. The molecule has 0 aromatic heterocycles. The molecule has 5 nitrogen and oxygen atoms in total. The summed E-state index contributed by atoms with van der Waals surface area (Å²) in [5.74, 6) is 1.22. The van der Waals surface area contributed by atoms with E-state index in [4.69, 9.17) is 9.47 Å². The minimum atomic E-state index is -0.306. The van der Waals surface area contributed by atoms with Crippen LogP contribution in [0, 0.1) is 13.8 Å². The van der Waals surface area contributed by atoms with Crippen molar-refractivity contribution in [3.8, 4) is 11.5 Å². The van der Waals surface area contributed by atoms with Crippen LogP contribution < -0.4 is 14.9 Å². The summed E-state index contributed by atoms with van der Waals surface area (Å²) in [6.45, 7) is 6.65. The molecule has 0 aliphatic rings. The van der Waals surface area contributed by atoms with E-state index in [0.29, 0.717) is 12.4 Å². The Morgan fingerprint density at radius 2 is 1.88 bits per heavy atom. The third-order valence-electron chi connectivity index (χ3n) is 3.45. The van der Waals surface area contributed by atoms with Crippen LogP contribution in [-0.4, -0.2) is 25.3 Å². The van der Waals surface area contributed by atoms with Gasteiger partial charge >= 0.3 is 0 Å². The minimum Gasteiger partial charge on any atom is -0.494 e. The van der Waals surface area contributed by atoms with Gasteiger partial charge in [0, 0.05) is 0 Å². The van der Waals surface area contributed by atoms with E-state index in [1.54, 1.807) is 6.21 Å². The zero-order valence-electron chi connectivity index (χ0n) is 14.9. The Balaban J connectivity index is 1.78. The first kappa shape index (κ1) is 18.5. The number of ether oxygens (including phenoxy) is 2. The van der Waals surface area contributed by atoms with E-state index < -0.39 is 0 Å². The molecule has 25 heavy (non-hydrogen) atoms. The molecule has 1 N–H and O–H groups in total. The largest absolute Gasteiger partial charge is 0.494 e. The molecular weight excluding hydrogens is 316 g/mol. The number of amides is 1. The smallest absolute Gasteiger partial charge is 0.277 e. The highest BCUT2D eigenvalue weighted by atomic mass is 16.5. The second-order valence-corrected chi connectivity index (χ2v) is 5.77. The Bertz CT molecular complexity index is 724. The van der Waals surface area contributed by atoms with Crippen LogP contribution in [0.15, 0.2) is 47.6 Å². The third-order valence-corrected chi connectivity index (χ3v) is 3.45. The van der Waals surface area contributed by atoms with Crippen LogP contribution in [-0.2, 0) is 4.79 Å². The fourth-order valence-electron chi connectivity index (χ4n) is 2.19. The molecule has 2 rings (SSSR count). The lowest BCUT2D eigenvalue weighted by molar-refractivity contribution is -0.123. The molecule has 0 heterocycles. The number of rotatable bonds is 8. The molecule has 0 saturated carbocycles. The topological polar surface area (TPSA) is 59.9 Å². The monoisotopic (exact) mass is 340 g/mol. The molecule has 132 valence electrons. The van der Waals surface area contributed by atoms with Gasteiger partial charge in [-0.3, -0.25) is 4.79 Å². The molecule has 2 aromatic carbocycles. The van der Waals surface area contributed by atoms with Crippen LogP contribution in [0.25, 0.3) is 0 Å². The summed E-state index contributed by atoms with van der Waals surface area (Å²) in [5.41, 5.74) is 5.49. The van der Waals surface area contributed by atoms with E-state index in [9.17, 15) is 4.79 Å². The summed E-state index contributed by atoms with van der Waals surface area (Å²) < 4.78 is 11.0. The fraction of sp³-hybridized carbons (Fsp3) is 0.300. The molecular formula is C20H24N2O3. The highest BCUT2D eigenvalue weighted by molar-refractivity contribution is 5.83. The third kappa shape index (κ3) is 6.30. The van der Waals surface area contributed by atoms with E-state index in [1.807, 2.05) is 56.3 Å². The number of nitrogens with one attached hydrogen (secondary N) is 1. The predicted molar refractivity (Wildman–Crippen MR) is 99.4 cm³/mol. The average Bonchev–Trinajstić information content (AvgIpc) is 2.60. The van der Waals surface area contributed by atoms with Crippen LogP contribution in [0.1, 0.15) is 30.0 Å². The van der Waals surface area contributed by atoms with Crippen LogP contribution in [0.3, 0.4) is 0 Å². The van der Waals surface area contributed by atoms with E-state index in [1.165, 1.54) is 0 Å². The van der Waals surface area contributed by atoms with Crippen LogP contribution in [0.5, 0.6) is 11.5 Å². The van der Waals surface area contributed by atoms with Gasteiger partial charge in [-0.25, -0.2) is 5.43 Å². The molecule has 0 atom stereocenters. The summed E-state index contributed by atoms with van der Waals surface area (Å²) >= 11 is 0. The Hall–Kier alpha value is -2.82. The van der Waals surface area contributed by atoms with Crippen molar-refractivity contribution in [2.24, 2.45) is 5.10 Å². The maximum absolute atomic E-state index is 11.8. The highest BCUT2D eigenvalue weighted by Gasteiger charge is 2.04. The second kappa shape index (κ2) is 9.47. The number of carbonyl (C=O) groups is 1. The van der Waals surface area contributed by atoms with Crippen molar-refractivity contribution in [1.29, 1.82) is 0 Å². The summed E-state index contributed by atoms with van der Waals surface area (Å²) in [6.07, 6.45) is 2.55. The predicted octanol–water partition coefficient (Wildman–Crippen LogP) is 3.62. The normalized spacial score (nSPS) is 10.7. The van der Waals surface area contributed by atoms with Gasteiger partial charge in [0.15, 0.2) is 6.61 Å². The lowest BCUT2D eigenvalue weighted by Gasteiger charge is -2.08. The summed E-state index contributed by atoms with van der Waals surface area (Å²) in [6, 6.07) is 13.3. The molecule has 0 aliphatic carbocycles. The quantitative estimate of drug-likeness (QED) is 0.590. The standard InChI is InChI=1S/C20H24N2O3/c1-4-11-24-18-8-6-17(7-9-18)13-21-22-20(23)14-25-19-10-5-15(2)12-16(19)3/h5-10,12-13H,4,11,14H2,1-3H3,(H,22,23)/b21-13+. The van der Waals surface area contributed by atoms with Gasteiger partial charge in [-0.15, -0.1) is 0 Å². The molecule has 0 unspecified atom stereocenters. The van der Waals surface area contributed by atoms with Gasteiger partial charge in [-0.2, -0.15) is 5.10 Å². The van der Waals surface area contributed by atoms with Gasteiger partial charge < -0.3 is 9.47 Å². The van der Waals surface area contributed by atoms with Crippen molar-refractivity contribution in [3.05, 3.63) is 59.2 Å². The Labute approximate surface area is 148 Å². The Morgan fingerprint density at radius 3 is 2.56 bits per heavy atom. The van der Waals surface area contributed by atoms with Crippen molar-refractivity contribution in [2.75, 3.05) is 13.2 Å². The molecule has 0 aliphatic heterocycles. The van der Waals surface area contributed by atoms with Gasteiger partial charge in [-0.1, -0.05) is 24.6 Å². The first-order valence-corrected chi connectivity index (χ1v) is 8.33. The van der Waals surface area contributed by atoms with Crippen molar-refractivity contribution >= 4 is 12.1 Å². The van der Waals surface area contributed by atoms with Crippen molar-refractivity contribution in [3.63, 3.8) is 0 Å². The number of aryl methyl sites for hydroxylation is 2. The highest BCUT2D eigenvalue weighted by Crippen LogP contribution is 2.18. The average molecular weight is 340 g/mol. The number of hydrogen-bond acceptors (Lipinski definition) is 4. The van der Waals surface area contributed by atoms with Crippen LogP contribution in [0.4, 0.5) is 0 Å². The zero-order chi connectivity index (χ0) is 18.1. The first-order chi connectivity index (χ1) is 12.1. The van der Waals surface area contributed by atoms with Crippen LogP contribution >= 0.6 is 0 Å². The lowest BCUT2D eigenvalue weighted by atomic mass is 10.1. The van der Waals surface area contributed by atoms with Crippen LogP contribution in [0.2, 0.25) is 0 Å². The number of nitrogens with zero attached hydrogens (tertiary/aromatic N) is 1. The molecule has 0 spiro atoms. The fourth-order valence-corrected chi connectivity index (χ4v) is 2.19. The number of hydrazone groups is 1. The molecule has 0 saturated heterocycles. The summed E-state index contributed by atoms with van der Waals surface area (Å²) in [4.78, 5) is 11.8. The summed E-state index contributed by atoms with van der Waals surface area (Å²) in [7, 11) is 0. The van der Waals surface area contributed by atoms with Crippen molar-refractivity contribution in [1.82, 2.24) is 5.43 Å². The van der Waals surface area contributed by atoms with Crippen molar-refractivity contribution in [2.45, 2.75) is 27.2 Å². The first-order valence-electron chi connectivity index (χ1n) is 8.33. The number of hydrogen-bond donors (Lipinski definition) is 1. The maximum Gasteiger partial charge on any atom is 0.277 e. The summed E-state index contributed by atoms with van der Waals surface area (Å²) in [5, 5.41) is 3.94. The van der Waals surface area contributed by atoms with E-state index >= 15 is 0 Å². The molecule has 0 radical (unpaired) electrons. The lowest BCUT2D eigenvalue weighted by Crippen LogP contribution is -2.24. The molecule has 0 bridgehead atoms. The van der Waals surface area contributed by atoms with Gasteiger partial charge in [0.1, 0.15) is 11.5 Å². The van der Waals surface area contributed by atoms with Gasteiger partial charge in [0.2, 0.25) is 0 Å². The zero-order valence-corrected chi connectivity index (χ0v) is 14.9. The van der Waals surface area contributed by atoms with E-state index in [-0.39, 0.29) is 12.5 Å². The molecule has 5 heteroatoms. The van der Waals surface area contributed by atoms with Gasteiger partial charge in [0.25, 0.3) is 5.91 Å². The van der Waals surface area contributed by atoms with Gasteiger partial charge in [0.05, 0.1) is 12.8 Å².